The maximum absolute atomic E-state index is 6.14. The smallest absolute Gasteiger partial charge is 0.230 e. The van der Waals surface area contributed by atoms with E-state index in [2.05, 4.69) is 49.9 Å². The molecule has 27 heavy (non-hydrogen) atoms. The third-order valence-corrected chi connectivity index (χ3v) is 5.14. The minimum absolute atomic E-state index is 0.000173. The van der Waals surface area contributed by atoms with Crippen LogP contribution in [-0.4, -0.2) is 21.4 Å². The van der Waals surface area contributed by atoms with Crippen LogP contribution in [0.3, 0.4) is 0 Å². The first-order valence-corrected chi connectivity index (χ1v) is 9.66. The molecule has 4 rings (SSSR count). The first-order chi connectivity index (χ1) is 12.9. The van der Waals surface area contributed by atoms with Crippen molar-refractivity contribution in [2.45, 2.75) is 58.6 Å². The highest BCUT2D eigenvalue weighted by atomic mass is 16.5. The van der Waals surface area contributed by atoms with Crippen molar-refractivity contribution in [3.63, 3.8) is 0 Å². The van der Waals surface area contributed by atoms with Gasteiger partial charge < -0.3 is 9.47 Å². The van der Waals surface area contributed by atoms with Crippen molar-refractivity contribution in [2.75, 3.05) is 6.61 Å². The van der Waals surface area contributed by atoms with Gasteiger partial charge in [0.15, 0.2) is 6.23 Å². The molecule has 2 aromatic heterocycles. The van der Waals surface area contributed by atoms with Crippen molar-refractivity contribution in [3.8, 4) is 11.6 Å². The summed E-state index contributed by atoms with van der Waals surface area (Å²) in [5.74, 6) is 1.37. The lowest BCUT2D eigenvalue weighted by Crippen LogP contribution is -2.18. The molecule has 1 unspecified atom stereocenters. The molecule has 0 bridgehead atoms. The first-order valence-electron chi connectivity index (χ1n) is 9.66. The number of rotatable bonds is 3. The van der Waals surface area contributed by atoms with E-state index in [0.29, 0.717) is 5.88 Å². The van der Waals surface area contributed by atoms with Gasteiger partial charge in [-0.3, -0.25) is 0 Å². The number of aryl methyl sites for hydroxylation is 1. The monoisotopic (exact) mass is 365 g/mol. The Kier molecular flexibility index (Phi) is 4.64. The van der Waals surface area contributed by atoms with Crippen molar-refractivity contribution in [3.05, 3.63) is 47.8 Å². The third kappa shape index (κ3) is 3.56. The van der Waals surface area contributed by atoms with Crippen LogP contribution in [0, 0.1) is 6.92 Å². The Labute approximate surface area is 160 Å². The fraction of sp³-hybridized carbons (Fsp3) is 0.455. The molecule has 0 amide bonds. The van der Waals surface area contributed by atoms with E-state index in [1.807, 2.05) is 23.0 Å². The fourth-order valence-electron chi connectivity index (χ4n) is 3.83. The Morgan fingerprint density at radius 2 is 2.04 bits per heavy atom. The molecule has 1 atom stereocenters. The molecular weight excluding hydrogens is 338 g/mol. The quantitative estimate of drug-likeness (QED) is 0.612. The Bertz CT molecular complexity index is 950. The summed E-state index contributed by atoms with van der Waals surface area (Å²) in [6.07, 6.45) is 6.87. The zero-order valence-corrected chi connectivity index (χ0v) is 16.5. The average molecular weight is 365 g/mol. The Morgan fingerprint density at radius 1 is 1.19 bits per heavy atom. The van der Waals surface area contributed by atoms with E-state index >= 15 is 0 Å². The molecule has 1 aliphatic heterocycles. The number of ether oxygens (including phenoxy) is 2. The molecule has 0 saturated carbocycles. The Balaban J connectivity index is 1.65. The lowest BCUT2D eigenvalue weighted by Gasteiger charge is -2.23. The van der Waals surface area contributed by atoms with Gasteiger partial charge in [0, 0.05) is 12.8 Å². The minimum atomic E-state index is -0.000173. The van der Waals surface area contributed by atoms with Crippen LogP contribution in [0.2, 0.25) is 0 Å². The van der Waals surface area contributed by atoms with Gasteiger partial charge in [0.1, 0.15) is 5.75 Å². The molecular formula is C22H27N3O2. The standard InChI is InChI=1S/C22H27N3O2/c1-15-13-16(8-9-18(15)22(2,3)4)27-21-17-14-24-25(19(17)10-11-23-21)20-7-5-6-12-26-20/h8-11,13-14,20H,5-7,12H2,1-4H3. The molecule has 0 aliphatic carbocycles. The van der Waals surface area contributed by atoms with Crippen LogP contribution in [-0.2, 0) is 10.2 Å². The van der Waals surface area contributed by atoms with E-state index in [4.69, 9.17) is 9.47 Å². The van der Waals surface area contributed by atoms with Crippen molar-refractivity contribution < 1.29 is 9.47 Å². The second kappa shape index (κ2) is 6.97. The lowest BCUT2D eigenvalue weighted by molar-refractivity contribution is -0.0366. The molecule has 5 heteroatoms. The number of fused-ring (bicyclic) bond motifs is 1. The van der Waals surface area contributed by atoms with Gasteiger partial charge in [-0.05, 0) is 60.9 Å². The van der Waals surface area contributed by atoms with Crippen molar-refractivity contribution in [1.29, 1.82) is 0 Å². The summed E-state index contributed by atoms with van der Waals surface area (Å²) in [6, 6.07) is 8.21. The van der Waals surface area contributed by atoms with Crippen molar-refractivity contribution in [2.24, 2.45) is 0 Å². The molecule has 5 nitrogen and oxygen atoms in total. The van der Waals surface area contributed by atoms with Gasteiger partial charge in [-0.2, -0.15) is 5.10 Å². The van der Waals surface area contributed by atoms with Crippen LogP contribution in [0.1, 0.15) is 57.4 Å². The second-order valence-corrected chi connectivity index (χ2v) is 8.29. The molecule has 3 heterocycles. The van der Waals surface area contributed by atoms with Gasteiger partial charge in [0.25, 0.3) is 0 Å². The summed E-state index contributed by atoms with van der Waals surface area (Å²) in [7, 11) is 0. The number of hydrogen-bond acceptors (Lipinski definition) is 4. The van der Waals surface area contributed by atoms with Crippen LogP contribution >= 0.6 is 0 Å². The first kappa shape index (κ1) is 18.0. The fourth-order valence-corrected chi connectivity index (χ4v) is 3.83. The van der Waals surface area contributed by atoms with E-state index in [9.17, 15) is 0 Å². The molecule has 0 N–H and O–H groups in total. The summed E-state index contributed by atoms with van der Waals surface area (Å²) in [6.45, 7) is 9.58. The zero-order valence-electron chi connectivity index (χ0n) is 16.5. The zero-order chi connectivity index (χ0) is 19.0. The maximum Gasteiger partial charge on any atom is 0.230 e. The highest BCUT2D eigenvalue weighted by Gasteiger charge is 2.21. The summed E-state index contributed by atoms with van der Waals surface area (Å²) < 4.78 is 14.0. The van der Waals surface area contributed by atoms with E-state index in [0.717, 1.165) is 36.1 Å². The Hall–Kier alpha value is -2.40. The van der Waals surface area contributed by atoms with Crippen LogP contribution in [0.15, 0.2) is 36.7 Å². The number of pyridine rings is 1. The molecule has 0 radical (unpaired) electrons. The summed E-state index contributed by atoms with van der Waals surface area (Å²) >= 11 is 0. The lowest BCUT2D eigenvalue weighted by atomic mass is 9.84. The largest absolute Gasteiger partial charge is 0.438 e. The van der Waals surface area contributed by atoms with Crippen LogP contribution < -0.4 is 4.74 Å². The van der Waals surface area contributed by atoms with Crippen LogP contribution in [0.4, 0.5) is 0 Å². The normalized spacial score (nSPS) is 18.0. The van der Waals surface area contributed by atoms with Gasteiger partial charge in [-0.1, -0.05) is 26.8 Å². The topological polar surface area (TPSA) is 49.2 Å². The molecule has 142 valence electrons. The van der Waals surface area contributed by atoms with Gasteiger partial charge >= 0.3 is 0 Å². The number of aromatic nitrogens is 3. The molecule has 1 aliphatic rings. The minimum Gasteiger partial charge on any atom is -0.438 e. The molecule has 0 spiro atoms. The van der Waals surface area contributed by atoms with Gasteiger partial charge in [0.05, 0.1) is 17.1 Å². The SMILES string of the molecule is Cc1cc(Oc2nccc3c2cnn3C2CCCCO2)ccc1C(C)(C)C. The van der Waals surface area contributed by atoms with Crippen molar-refractivity contribution in [1.82, 2.24) is 14.8 Å². The number of hydrogen-bond donors (Lipinski definition) is 0. The highest BCUT2D eigenvalue weighted by molar-refractivity contribution is 5.83. The van der Waals surface area contributed by atoms with Gasteiger partial charge in [-0.15, -0.1) is 0 Å². The van der Waals surface area contributed by atoms with Crippen LogP contribution in [0.5, 0.6) is 11.6 Å². The Morgan fingerprint density at radius 3 is 2.74 bits per heavy atom. The highest BCUT2D eigenvalue weighted by Crippen LogP contribution is 2.33. The predicted molar refractivity (Wildman–Crippen MR) is 106 cm³/mol. The molecule has 3 aromatic rings. The second-order valence-electron chi connectivity index (χ2n) is 8.29. The number of benzene rings is 1. The average Bonchev–Trinajstić information content (AvgIpc) is 3.06. The van der Waals surface area contributed by atoms with Gasteiger partial charge in [0.2, 0.25) is 5.88 Å². The van der Waals surface area contributed by atoms with E-state index in [-0.39, 0.29) is 11.6 Å². The van der Waals surface area contributed by atoms with E-state index in [1.54, 1.807) is 6.20 Å². The molecule has 1 aromatic carbocycles. The van der Waals surface area contributed by atoms with Crippen LogP contribution in [0.25, 0.3) is 10.9 Å². The van der Waals surface area contributed by atoms with E-state index < -0.39 is 0 Å². The van der Waals surface area contributed by atoms with E-state index in [1.165, 1.54) is 17.5 Å². The van der Waals surface area contributed by atoms with Crippen molar-refractivity contribution >= 4 is 10.9 Å². The third-order valence-electron chi connectivity index (χ3n) is 5.14. The summed E-state index contributed by atoms with van der Waals surface area (Å²) in [4.78, 5) is 4.45. The molecule has 1 fully saturated rings. The molecule has 1 saturated heterocycles. The summed E-state index contributed by atoms with van der Waals surface area (Å²) in [5.41, 5.74) is 3.65. The van der Waals surface area contributed by atoms with Gasteiger partial charge in [-0.25, -0.2) is 9.67 Å². The predicted octanol–water partition coefficient (Wildman–Crippen LogP) is 5.53. The maximum atomic E-state index is 6.14. The number of nitrogens with zero attached hydrogens (tertiary/aromatic N) is 3. The summed E-state index contributed by atoms with van der Waals surface area (Å²) in [5, 5.41) is 5.46.